The number of rotatable bonds is 4. The van der Waals surface area contributed by atoms with Crippen LogP contribution in [0.15, 0.2) is 0 Å². The van der Waals surface area contributed by atoms with Crippen molar-refractivity contribution in [2.45, 2.75) is 33.2 Å². The van der Waals surface area contributed by atoms with Crippen LogP contribution < -0.4 is 0 Å². The van der Waals surface area contributed by atoms with Gasteiger partial charge in [0.1, 0.15) is 0 Å². The molecule has 0 aliphatic rings. The monoisotopic (exact) mass is 175 g/mol. The van der Waals surface area contributed by atoms with Gasteiger partial charge in [-0.05, 0) is 6.92 Å². The lowest BCUT2D eigenvalue weighted by molar-refractivity contribution is -0.133. The molecule has 0 aromatic rings. The van der Waals surface area contributed by atoms with E-state index >= 15 is 0 Å². The lowest BCUT2D eigenvalue weighted by Crippen LogP contribution is -2.28. The van der Waals surface area contributed by atoms with Crippen LogP contribution in [-0.2, 0) is 13.6 Å². The van der Waals surface area contributed by atoms with Gasteiger partial charge in [-0.25, -0.2) is 0 Å². The summed E-state index contributed by atoms with van der Waals surface area (Å²) in [6.07, 6.45) is 0. The second kappa shape index (κ2) is 5.32. The molecular weight excluding hydrogens is 160 g/mol. The van der Waals surface area contributed by atoms with Crippen LogP contribution in [0, 0.1) is 0 Å². The molecule has 0 heterocycles. The van der Waals surface area contributed by atoms with Crippen LogP contribution in [0.25, 0.3) is 0 Å². The van der Waals surface area contributed by atoms with E-state index in [2.05, 4.69) is 0 Å². The molecule has 4 heteroatoms. The third kappa shape index (κ3) is 4.98. The van der Waals surface area contributed by atoms with Crippen LogP contribution in [0.3, 0.4) is 0 Å². The van der Waals surface area contributed by atoms with Gasteiger partial charge in [-0.2, -0.15) is 0 Å². The summed E-state index contributed by atoms with van der Waals surface area (Å²) in [5.74, 6) is -0.249. The third-order valence-corrected chi connectivity index (χ3v) is 3.01. The highest BCUT2D eigenvalue weighted by atomic mass is 28.3. The zero-order valence-electron chi connectivity index (χ0n) is 7.51. The molecular formula is C7H15O3Si. The van der Waals surface area contributed by atoms with E-state index in [0.29, 0.717) is 12.1 Å². The summed E-state index contributed by atoms with van der Waals surface area (Å²) in [7, 11) is -1.36. The fourth-order valence-electron chi connectivity index (χ4n) is 0.598. The van der Waals surface area contributed by atoms with Crippen LogP contribution in [0.4, 0.5) is 0 Å². The minimum atomic E-state index is -1.36. The largest absolute Gasteiger partial charge is 0.492 e. The smallest absolute Gasteiger partial charge is 0.462 e. The van der Waals surface area contributed by atoms with Crippen LogP contribution in [0.5, 0.6) is 0 Å². The first-order valence-electron chi connectivity index (χ1n) is 3.76. The molecule has 0 N–H and O–H groups in total. The summed E-state index contributed by atoms with van der Waals surface area (Å²) in [6.45, 7) is 7.90. The van der Waals surface area contributed by atoms with Gasteiger partial charge in [0.25, 0.3) is 5.97 Å². The molecule has 0 saturated carbocycles. The second-order valence-corrected chi connectivity index (χ2v) is 4.79. The maximum absolute atomic E-state index is 10.6. The van der Waals surface area contributed by atoms with Crippen molar-refractivity contribution in [1.82, 2.24) is 0 Å². The normalized spacial score (nSPS) is 10.7. The molecule has 65 valence electrons. The van der Waals surface area contributed by atoms with Crippen LogP contribution >= 0.6 is 0 Å². The molecule has 3 nitrogen and oxygen atoms in total. The van der Waals surface area contributed by atoms with E-state index in [1.54, 1.807) is 0 Å². The van der Waals surface area contributed by atoms with E-state index in [9.17, 15) is 4.79 Å². The summed E-state index contributed by atoms with van der Waals surface area (Å²) in [5, 5.41) is 0. The minimum Gasteiger partial charge on any atom is -0.492 e. The first-order chi connectivity index (χ1) is 5.07. The van der Waals surface area contributed by atoms with E-state index in [1.165, 1.54) is 6.92 Å². The Morgan fingerprint density at radius 1 is 1.55 bits per heavy atom. The van der Waals surface area contributed by atoms with E-state index < -0.39 is 9.28 Å². The van der Waals surface area contributed by atoms with E-state index in [-0.39, 0.29) is 5.97 Å². The third-order valence-electron chi connectivity index (χ3n) is 1.00. The molecule has 0 amide bonds. The van der Waals surface area contributed by atoms with Crippen molar-refractivity contribution in [3.05, 3.63) is 0 Å². The molecule has 0 aliphatic heterocycles. The lowest BCUT2D eigenvalue weighted by atomic mass is 10.6. The van der Waals surface area contributed by atoms with Gasteiger partial charge >= 0.3 is 9.28 Å². The van der Waals surface area contributed by atoms with Gasteiger partial charge in [0.15, 0.2) is 0 Å². The van der Waals surface area contributed by atoms with E-state index in [0.717, 1.165) is 0 Å². The SMILES string of the molecule is CCO[Si](OC(C)=O)C(C)C. The molecule has 1 radical (unpaired) electrons. The molecule has 0 aromatic carbocycles. The molecule has 0 rings (SSSR count). The van der Waals surface area contributed by atoms with Crippen molar-refractivity contribution >= 4 is 15.3 Å². The molecule has 0 atom stereocenters. The minimum absolute atomic E-state index is 0.249. The molecule has 0 unspecified atom stereocenters. The number of hydrogen-bond donors (Lipinski definition) is 0. The first-order valence-corrected chi connectivity index (χ1v) is 5.15. The quantitative estimate of drug-likeness (QED) is 0.607. The zero-order valence-corrected chi connectivity index (χ0v) is 8.51. The Morgan fingerprint density at radius 2 is 2.09 bits per heavy atom. The molecule has 0 aliphatic carbocycles. The van der Waals surface area contributed by atoms with Gasteiger partial charge < -0.3 is 8.85 Å². The standard InChI is InChI=1S/C7H15O3Si/c1-5-9-11(6(2)3)10-7(4)8/h6H,5H2,1-4H3. The Labute approximate surface area is 69.5 Å². The predicted molar refractivity (Wildman–Crippen MR) is 44.2 cm³/mol. The maximum atomic E-state index is 10.6. The summed E-state index contributed by atoms with van der Waals surface area (Å²) < 4.78 is 10.3. The maximum Gasteiger partial charge on any atom is 0.462 e. The highest BCUT2D eigenvalue weighted by Gasteiger charge is 2.23. The summed E-state index contributed by atoms with van der Waals surface area (Å²) in [6, 6.07) is 0. The Hall–Kier alpha value is -0.353. The van der Waals surface area contributed by atoms with E-state index in [4.69, 9.17) is 8.85 Å². The van der Waals surface area contributed by atoms with Gasteiger partial charge in [0.2, 0.25) is 0 Å². The highest BCUT2D eigenvalue weighted by Crippen LogP contribution is 2.09. The molecule has 0 bridgehead atoms. The summed E-state index contributed by atoms with van der Waals surface area (Å²) in [4.78, 5) is 10.6. The van der Waals surface area contributed by atoms with Crippen molar-refractivity contribution < 1.29 is 13.6 Å². The highest BCUT2D eigenvalue weighted by molar-refractivity contribution is 6.48. The number of hydrogen-bond acceptors (Lipinski definition) is 3. The molecule has 0 spiro atoms. The lowest BCUT2D eigenvalue weighted by Gasteiger charge is -2.15. The summed E-state index contributed by atoms with van der Waals surface area (Å²) >= 11 is 0. The molecule has 11 heavy (non-hydrogen) atoms. The van der Waals surface area contributed by atoms with Crippen LogP contribution in [-0.4, -0.2) is 21.9 Å². The Bertz CT molecular complexity index is 125. The van der Waals surface area contributed by atoms with Crippen LogP contribution in [0.1, 0.15) is 27.7 Å². The van der Waals surface area contributed by atoms with Gasteiger partial charge in [0, 0.05) is 19.1 Å². The Balaban J connectivity index is 3.79. The topological polar surface area (TPSA) is 35.5 Å². The van der Waals surface area contributed by atoms with Gasteiger partial charge in [-0.1, -0.05) is 13.8 Å². The van der Waals surface area contributed by atoms with Crippen molar-refractivity contribution in [2.24, 2.45) is 0 Å². The molecule has 0 fully saturated rings. The molecule has 0 saturated heterocycles. The van der Waals surface area contributed by atoms with Crippen molar-refractivity contribution in [2.75, 3.05) is 6.61 Å². The first kappa shape index (κ1) is 10.6. The van der Waals surface area contributed by atoms with Crippen LogP contribution in [0.2, 0.25) is 5.54 Å². The molecule has 0 aromatic heterocycles. The van der Waals surface area contributed by atoms with Gasteiger partial charge in [-0.3, -0.25) is 4.79 Å². The van der Waals surface area contributed by atoms with Crippen molar-refractivity contribution in [1.29, 1.82) is 0 Å². The fourth-order valence-corrected chi connectivity index (χ4v) is 1.79. The Kier molecular flexibility index (Phi) is 5.15. The van der Waals surface area contributed by atoms with E-state index in [1.807, 2.05) is 20.8 Å². The van der Waals surface area contributed by atoms with Crippen molar-refractivity contribution in [3.8, 4) is 0 Å². The van der Waals surface area contributed by atoms with Gasteiger partial charge in [0.05, 0.1) is 0 Å². The predicted octanol–water partition coefficient (Wildman–Crippen LogP) is 1.48. The zero-order chi connectivity index (χ0) is 8.85. The number of carbonyl (C=O) groups excluding carboxylic acids is 1. The fraction of sp³-hybridized carbons (Fsp3) is 0.857. The van der Waals surface area contributed by atoms with Crippen molar-refractivity contribution in [3.63, 3.8) is 0 Å². The summed E-state index contributed by atoms with van der Waals surface area (Å²) in [5.41, 5.74) is 0.309. The second-order valence-electron chi connectivity index (χ2n) is 2.50. The average Bonchev–Trinajstić information content (AvgIpc) is 1.86. The average molecular weight is 175 g/mol. The number of carbonyl (C=O) groups is 1. The Morgan fingerprint density at radius 3 is 2.36 bits per heavy atom. The van der Waals surface area contributed by atoms with Gasteiger partial charge in [-0.15, -0.1) is 0 Å².